The second-order valence-electron chi connectivity index (χ2n) is 5.85. The Labute approximate surface area is 135 Å². The van der Waals surface area contributed by atoms with Crippen LogP contribution in [0.2, 0.25) is 0 Å². The van der Waals surface area contributed by atoms with Crippen LogP contribution >= 0.6 is 0 Å². The second-order valence-corrected chi connectivity index (χ2v) is 7.65. The summed E-state index contributed by atoms with van der Waals surface area (Å²) in [5.74, 6) is 0.340. The minimum Gasteiger partial charge on any atom is -0.352 e. The first kappa shape index (κ1) is 16.9. The highest BCUT2D eigenvalue weighted by Gasteiger charge is 2.22. The van der Waals surface area contributed by atoms with Gasteiger partial charge in [0.1, 0.15) is 5.25 Å². The lowest BCUT2D eigenvalue weighted by molar-refractivity contribution is -0.121. The number of nitrogens with one attached hydrogen (secondary N) is 1. The number of rotatable bonds is 6. The smallest absolute Gasteiger partial charge is 0.235 e. The van der Waals surface area contributed by atoms with E-state index in [0.29, 0.717) is 5.75 Å². The summed E-state index contributed by atoms with van der Waals surface area (Å²) in [5.41, 5.74) is 1.08. The molecule has 1 saturated carbocycles. The van der Waals surface area contributed by atoms with Crippen molar-refractivity contribution in [3.8, 4) is 0 Å². The third-order valence-electron chi connectivity index (χ3n) is 4.09. The average molecular weight is 319 g/mol. The van der Waals surface area contributed by atoms with Gasteiger partial charge in [0.2, 0.25) is 5.91 Å². The van der Waals surface area contributed by atoms with Crippen molar-refractivity contribution in [2.75, 3.05) is 5.75 Å². The molecule has 0 heterocycles. The van der Waals surface area contributed by atoms with E-state index < -0.39 is 16.0 Å². The molecule has 1 N–H and O–H groups in total. The van der Waals surface area contributed by atoms with Crippen molar-refractivity contribution in [1.82, 2.24) is 5.32 Å². The van der Waals surface area contributed by atoms with Crippen LogP contribution in [0.3, 0.4) is 0 Å². The Morgan fingerprint density at radius 3 is 2.64 bits per heavy atom. The summed E-state index contributed by atoms with van der Waals surface area (Å²) < 4.78 is 12.2. The Balaban J connectivity index is 1.78. The van der Waals surface area contributed by atoms with Gasteiger partial charge in [-0.05, 0) is 25.3 Å². The van der Waals surface area contributed by atoms with Gasteiger partial charge >= 0.3 is 0 Å². The van der Waals surface area contributed by atoms with Gasteiger partial charge in [-0.1, -0.05) is 61.7 Å². The summed E-state index contributed by atoms with van der Waals surface area (Å²) in [4.78, 5) is 12.2. The maximum atomic E-state index is 12.2. The van der Waals surface area contributed by atoms with Gasteiger partial charge in [-0.15, -0.1) is 0 Å². The van der Waals surface area contributed by atoms with Crippen molar-refractivity contribution in [2.24, 2.45) is 0 Å². The first-order valence-corrected chi connectivity index (χ1v) is 9.44. The van der Waals surface area contributed by atoms with Crippen LogP contribution in [0.25, 0.3) is 6.08 Å². The van der Waals surface area contributed by atoms with Crippen molar-refractivity contribution in [3.05, 3.63) is 42.0 Å². The molecule has 1 aromatic carbocycles. The van der Waals surface area contributed by atoms with E-state index in [4.69, 9.17) is 0 Å². The van der Waals surface area contributed by atoms with E-state index in [2.05, 4.69) is 5.32 Å². The van der Waals surface area contributed by atoms with E-state index in [0.717, 1.165) is 18.4 Å². The van der Waals surface area contributed by atoms with Crippen molar-refractivity contribution in [2.45, 2.75) is 50.3 Å². The molecule has 1 aliphatic rings. The molecular weight excluding hydrogens is 294 g/mol. The SMILES string of the molecule is C[C@H](C(=O)NC1CCCCC1)[S@@](=O)C/C=C/c1ccccc1. The van der Waals surface area contributed by atoms with Crippen LogP contribution in [0, 0.1) is 0 Å². The van der Waals surface area contributed by atoms with Gasteiger partial charge in [-0.3, -0.25) is 9.00 Å². The van der Waals surface area contributed by atoms with E-state index in [1.165, 1.54) is 19.3 Å². The Morgan fingerprint density at radius 2 is 1.95 bits per heavy atom. The topological polar surface area (TPSA) is 46.2 Å². The highest BCUT2D eigenvalue weighted by molar-refractivity contribution is 7.86. The molecule has 0 aromatic heterocycles. The molecule has 0 aliphatic heterocycles. The predicted octanol–water partition coefficient (Wildman–Crippen LogP) is 3.29. The van der Waals surface area contributed by atoms with Crippen LogP contribution in [-0.4, -0.2) is 27.2 Å². The van der Waals surface area contributed by atoms with Crippen LogP contribution in [0.4, 0.5) is 0 Å². The molecule has 2 rings (SSSR count). The van der Waals surface area contributed by atoms with Gasteiger partial charge in [-0.2, -0.15) is 0 Å². The molecule has 0 unspecified atom stereocenters. The highest BCUT2D eigenvalue weighted by Crippen LogP contribution is 2.17. The lowest BCUT2D eigenvalue weighted by atomic mass is 9.95. The van der Waals surface area contributed by atoms with Crippen LogP contribution in [-0.2, 0) is 15.6 Å². The number of carbonyl (C=O) groups excluding carboxylic acids is 1. The molecule has 1 amide bonds. The number of hydrogen-bond donors (Lipinski definition) is 1. The molecule has 3 nitrogen and oxygen atoms in total. The van der Waals surface area contributed by atoms with Crippen LogP contribution < -0.4 is 5.32 Å². The summed E-state index contributed by atoms with van der Waals surface area (Å²) in [6.07, 6.45) is 9.57. The zero-order valence-corrected chi connectivity index (χ0v) is 14.0. The van der Waals surface area contributed by atoms with Crippen LogP contribution in [0.15, 0.2) is 36.4 Å². The summed E-state index contributed by atoms with van der Waals surface area (Å²) in [6, 6.07) is 10.2. The molecule has 0 bridgehead atoms. The Kier molecular flexibility index (Phi) is 6.84. The summed E-state index contributed by atoms with van der Waals surface area (Å²) in [5, 5.41) is 2.60. The number of hydrogen-bond acceptors (Lipinski definition) is 2. The Hall–Kier alpha value is -1.42. The Morgan fingerprint density at radius 1 is 1.27 bits per heavy atom. The van der Waals surface area contributed by atoms with Gasteiger partial charge in [0.05, 0.1) is 0 Å². The maximum Gasteiger partial charge on any atom is 0.235 e. The average Bonchev–Trinajstić information content (AvgIpc) is 2.56. The lowest BCUT2D eigenvalue weighted by Crippen LogP contribution is -2.43. The quantitative estimate of drug-likeness (QED) is 0.874. The zero-order chi connectivity index (χ0) is 15.8. The van der Waals surface area contributed by atoms with Crippen molar-refractivity contribution >= 4 is 22.8 Å². The molecule has 0 spiro atoms. The van der Waals surface area contributed by atoms with E-state index in [1.54, 1.807) is 6.92 Å². The molecule has 4 heteroatoms. The third-order valence-corrected chi connectivity index (χ3v) is 5.61. The highest BCUT2D eigenvalue weighted by atomic mass is 32.2. The predicted molar refractivity (Wildman–Crippen MR) is 93.0 cm³/mol. The number of carbonyl (C=O) groups is 1. The van der Waals surface area contributed by atoms with Crippen molar-refractivity contribution < 1.29 is 9.00 Å². The minimum atomic E-state index is -1.17. The van der Waals surface area contributed by atoms with E-state index in [-0.39, 0.29) is 11.9 Å². The standard InChI is InChI=1S/C18H25NO2S/c1-15(18(20)19-17-12-6-3-7-13-17)22(21)14-8-11-16-9-4-2-5-10-16/h2,4-5,8-11,15,17H,3,6-7,12-14H2,1H3,(H,19,20)/b11-8+/t15-,22+/m1/s1. The third kappa shape index (κ3) is 5.41. The van der Waals surface area contributed by atoms with Gasteiger partial charge in [-0.25, -0.2) is 0 Å². The fraction of sp³-hybridized carbons (Fsp3) is 0.500. The number of amides is 1. The van der Waals surface area contributed by atoms with Gasteiger partial charge in [0, 0.05) is 22.6 Å². The van der Waals surface area contributed by atoms with E-state index in [9.17, 15) is 9.00 Å². The van der Waals surface area contributed by atoms with Gasteiger partial charge in [0.15, 0.2) is 0 Å². The Bertz CT molecular complexity index is 521. The van der Waals surface area contributed by atoms with Crippen LogP contribution in [0.5, 0.6) is 0 Å². The normalized spacial score (nSPS) is 19.0. The zero-order valence-electron chi connectivity index (χ0n) is 13.2. The molecule has 0 radical (unpaired) electrons. The summed E-state index contributed by atoms with van der Waals surface area (Å²) >= 11 is 0. The molecule has 120 valence electrons. The molecule has 2 atom stereocenters. The molecule has 22 heavy (non-hydrogen) atoms. The van der Waals surface area contributed by atoms with E-state index >= 15 is 0 Å². The summed E-state index contributed by atoms with van der Waals surface area (Å²) in [7, 11) is -1.17. The molecule has 0 saturated heterocycles. The van der Waals surface area contributed by atoms with E-state index in [1.807, 2.05) is 42.5 Å². The maximum absolute atomic E-state index is 12.2. The van der Waals surface area contributed by atoms with Crippen molar-refractivity contribution in [3.63, 3.8) is 0 Å². The minimum absolute atomic E-state index is 0.0710. The largest absolute Gasteiger partial charge is 0.352 e. The lowest BCUT2D eigenvalue weighted by Gasteiger charge is -2.24. The monoisotopic (exact) mass is 319 g/mol. The fourth-order valence-electron chi connectivity index (χ4n) is 2.67. The summed E-state index contributed by atoms with van der Waals surface area (Å²) in [6.45, 7) is 1.75. The van der Waals surface area contributed by atoms with Gasteiger partial charge in [0.25, 0.3) is 0 Å². The van der Waals surface area contributed by atoms with Crippen molar-refractivity contribution in [1.29, 1.82) is 0 Å². The first-order chi connectivity index (χ1) is 10.7. The molecule has 1 aromatic rings. The van der Waals surface area contributed by atoms with Crippen LogP contribution in [0.1, 0.15) is 44.6 Å². The second kappa shape index (κ2) is 8.89. The number of benzene rings is 1. The van der Waals surface area contributed by atoms with Gasteiger partial charge < -0.3 is 5.32 Å². The molecule has 1 aliphatic carbocycles. The molecule has 1 fully saturated rings. The fourth-order valence-corrected chi connectivity index (χ4v) is 3.55. The molecular formula is C18H25NO2S. The first-order valence-electron chi connectivity index (χ1n) is 8.06.